The molecule has 9 heteroatoms. The molecule has 1 aromatic carbocycles. The van der Waals surface area contributed by atoms with Crippen LogP contribution in [-0.4, -0.2) is 60.2 Å². The number of hydrogen-bond acceptors (Lipinski definition) is 5. The maximum atomic E-state index is 12.8. The van der Waals surface area contributed by atoms with Gasteiger partial charge in [0.05, 0.1) is 6.54 Å². The van der Waals surface area contributed by atoms with Gasteiger partial charge in [-0.15, -0.1) is 24.0 Å². The number of ether oxygens (including phenoxy) is 1. The van der Waals surface area contributed by atoms with Crippen LogP contribution in [0.25, 0.3) is 0 Å². The Bertz CT molecular complexity index is 692. The lowest BCUT2D eigenvalue weighted by Gasteiger charge is -2.35. The van der Waals surface area contributed by atoms with E-state index in [1.165, 1.54) is 12.1 Å². The van der Waals surface area contributed by atoms with Gasteiger partial charge in [0.1, 0.15) is 18.2 Å². The SMILES string of the molecule is I.NC(=NCCOc1ccc(F)cc1)N1CCN(c2ncccn2)CC1. The van der Waals surface area contributed by atoms with Gasteiger partial charge in [-0.3, -0.25) is 0 Å². The Morgan fingerprint density at radius 1 is 1.12 bits per heavy atom. The molecular weight excluding hydrogens is 450 g/mol. The molecule has 1 fully saturated rings. The van der Waals surface area contributed by atoms with Gasteiger partial charge < -0.3 is 20.3 Å². The molecule has 2 heterocycles. The molecule has 0 atom stereocenters. The van der Waals surface area contributed by atoms with Crippen LogP contribution in [0.4, 0.5) is 10.3 Å². The molecule has 140 valence electrons. The summed E-state index contributed by atoms with van der Waals surface area (Å²) < 4.78 is 18.3. The first-order valence-electron chi connectivity index (χ1n) is 8.17. The van der Waals surface area contributed by atoms with E-state index in [-0.39, 0.29) is 29.8 Å². The first-order valence-corrected chi connectivity index (χ1v) is 8.17. The van der Waals surface area contributed by atoms with E-state index in [9.17, 15) is 4.39 Å². The van der Waals surface area contributed by atoms with Crippen LogP contribution in [0.5, 0.6) is 5.75 Å². The van der Waals surface area contributed by atoms with Gasteiger partial charge in [0.25, 0.3) is 0 Å². The van der Waals surface area contributed by atoms with Gasteiger partial charge in [-0.1, -0.05) is 0 Å². The Labute approximate surface area is 169 Å². The Hall–Kier alpha value is -2.17. The molecule has 0 radical (unpaired) electrons. The topological polar surface area (TPSA) is 79.9 Å². The summed E-state index contributed by atoms with van der Waals surface area (Å²) in [6, 6.07) is 7.71. The number of benzene rings is 1. The van der Waals surface area contributed by atoms with Gasteiger partial charge in [-0.2, -0.15) is 0 Å². The van der Waals surface area contributed by atoms with E-state index in [4.69, 9.17) is 10.5 Å². The van der Waals surface area contributed by atoms with Crippen molar-refractivity contribution in [1.29, 1.82) is 0 Å². The zero-order chi connectivity index (χ0) is 17.5. The molecule has 7 nitrogen and oxygen atoms in total. The number of piperazine rings is 1. The smallest absolute Gasteiger partial charge is 0.225 e. The van der Waals surface area contributed by atoms with Crippen LogP contribution < -0.4 is 15.4 Å². The van der Waals surface area contributed by atoms with E-state index < -0.39 is 0 Å². The van der Waals surface area contributed by atoms with Crippen molar-refractivity contribution in [3.63, 3.8) is 0 Å². The molecule has 0 bridgehead atoms. The standard InChI is InChI=1S/C17H21FN6O.HI/c18-14-2-4-15(5-3-14)25-13-8-20-16(19)23-9-11-24(12-10-23)17-21-6-1-7-22-17;/h1-7H,8-13H2,(H2,19,20);1H. The van der Waals surface area contributed by atoms with E-state index in [0.29, 0.717) is 24.9 Å². The largest absolute Gasteiger partial charge is 0.492 e. The molecule has 2 N–H and O–H groups in total. The summed E-state index contributed by atoms with van der Waals surface area (Å²) in [4.78, 5) is 17.0. The van der Waals surface area contributed by atoms with Crippen molar-refractivity contribution in [2.75, 3.05) is 44.2 Å². The number of guanidine groups is 1. The maximum absolute atomic E-state index is 12.8. The minimum atomic E-state index is -0.283. The van der Waals surface area contributed by atoms with Crippen molar-refractivity contribution in [1.82, 2.24) is 14.9 Å². The van der Waals surface area contributed by atoms with Gasteiger partial charge in [0.15, 0.2) is 5.96 Å². The molecule has 0 unspecified atom stereocenters. The third-order valence-corrected chi connectivity index (χ3v) is 3.89. The van der Waals surface area contributed by atoms with Crippen LogP contribution in [0.3, 0.4) is 0 Å². The van der Waals surface area contributed by atoms with Crippen LogP contribution in [0, 0.1) is 5.82 Å². The first-order chi connectivity index (χ1) is 12.2. The number of aromatic nitrogens is 2. The van der Waals surface area contributed by atoms with Crippen LogP contribution in [0.1, 0.15) is 0 Å². The summed E-state index contributed by atoms with van der Waals surface area (Å²) in [6.07, 6.45) is 3.48. The zero-order valence-corrected chi connectivity index (χ0v) is 16.6. The van der Waals surface area contributed by atoms with Crippen LogP contribution in [0.2, 0.25) is 0 Å². The number of nitrogens with two attached hydrogens (primary N) is 1. The average molecular weight is 472 g/mol. The van der Waals surface area contributed by atoms with Crippen LogP contribution in [0.15, 0.2) is 47.7 Å². The Morgan fingerprint density at radius 3 is 2.42 bits per heavy atom. The lowest BCUT2D eigenvalue weighted by Crippen LogP contribution is -2.51. The summed E-state index contributed by atoms with van der Waals surface area (Å²) in [5, 5.41) is 0. The molecule has 2 aromatic rings. The minimum absolute atomic E-state index is 0. The maximum Gasteiger partial charge on any atom is 0.225 e. The highest BCUT2D eigenvalue weighted by molar-refractivity contribution is 14.0. The Kier molecular flexibility index (Phi) is 7.82. The van der Waals surface area contributed by atoms with Crippen molar-refractivity contribution in [3.8, 4) is 5.75 Å². The predicted octanol–water partition coefficient (Wildman–Crippen LogP) is 1.75. The molecule has 0 aliphatic carbocycles. The minimum Gasteiger partial charge on any atom is -0.492 e. The summed E-state index contributed by atoms with van der Waals surface area (Å²) in [7, 11) is 0. The summed E-state index contributed by atoms with van der Waals surface area (Å²) in [5.41, 5.74) is 6.05. The van der Waals surface area contributed by atoms with Crippen molar-refractivity contribution < 1.29 is 9.13 Å². The second kappa shape index (κ2) is 10.1. The molecular formula is C17H22FIN6O. The molecule has 1 aromatic heterocycles. The van der Waals surface area contributed by atoms with E-state index in [0.717, 1.165) is 32.1 Å². The number of anilines is 1. The highest BCUT2D eigenvalue weighted by atomic mass is 127. The molecule has 26 heavy (non-hydrogen) atoms. The molecule has 0 saturated carbocycles. The van der Waals surface area contributed by atoms with Gasteiger partial charge in [-0.25, -0.2) is 19.4 Å². The quantitative estimate of drug-likeness (QED) is 0.309. The molecule has 1 aliphatic heterocycles. The third-order valence-electron chi connectivity index (χ3n) is 3.89. The molecule has 0 amide bonds. The average Bonchev–Trinajstić information content (AvgIpc) is 2.67. The van der Waals surface area contributed by atoms with Gasteiger partial charge in [-0.05, 0) is 30.3 Å². The van der Waals surface area contributed by atoms with Crippen molar-refractivity contribution in [3.05, 3.63) is 48.5 Å². The number of nitrogens with zero attached hydrogens (tertiary/aromatic N) is 5. The second-order valence-electron chi connectivity index (χ2n) is 5.57. The highest BCUT2D eigenvalue weighted by Gasteiger charge is 2.19. The molecule has 0 spiro atoms. The van der Waals surface area contributed by atoms with Crippen LogP contribution in [-0.2, 0) is 0 Å². The molecule has 1 saturated heterocycles. The first kappa shape index (κ1) is 20.1. The summed E-state index contributed by atoms with van der Waals surface area (Å²) >= 11 is 0. The summed E-state index contributed by atoms with van der Waals surface area (Å²) in [6.45, 7) is 3.98. The van der Waals surface area contributed by atoms with E-state index in [1.807, 2.05) is 4.90 Å². The molecule has 3 rings (SSSR count). The fourth-order valence-corrected chi connectivity index (χ4v) is 2.54. The number of rotatable bonds is 5. The lowest BCUT2D eigenvalue weighted by atomic mass is 10.3. The zero-order valence-electron chi connectivity index (χ0n) is 14.3. The Morgan fingerprint density at radius 2 is 1.77 bits per heavy atom. The summed E-state index contributed by atoms with van der Waals surface area (Å²) in [5.74, 6) is 1.59. The van der Waals surface area contributed by atoms with Crippen molar-refractivity contribution >= 4 is 35.9 Å². The van der Waals surface area contributed by atoms with E-state index in [1.54, 1.807) is 30.6 Å². The second-order valence-corrected chi connectivity index (χ2v) is 5.57. The fraction of sp³-hybridized carbons (Fsp3) is 0.353. The Balaban J connectivity index is 0.00000243. The number of hydrogen-bond donors (Lipinski definition) is 1. The normalized spacial score (nSPS) is 14.7. The van der Waals surface area contributed by atoms with Crippen molar-refractivity contribution in [2.24, 2.45) is 10.7 Å². The van der Waals surface area contributed by atoms with E-state index in [2.05, 4.69) is 19.9 Å². The number of aliphatic imine (C=N–C) groups is 1. The van der Waals surface area contributed by atoms with Crippen molar-refractivity contribution in [2.45, 2.75) is 0 Å². The fourth-order valence-electron chi connectivity index (χ4n) is 2.54. The number of halogens is 2. The van der Waals surface area contributed by atoms with Gasteiger partial charge in [0.2, 0.25) is 5.95 Å². The van der Waals surface area contributed by atoms with E-state index >= 15 is 0 Å². The van der Waals surface area contributed by atoms with Crippen LogP contribution >= 0.6 is 24.0 Å². The highest BCUT2D eigenvalue weighted by Crippen LogP contribution is 2.11. The van der Waals surface area contributed by atoms with Gasteiger partial charge >= 0.3 is 0 Å². The predicted molar refractivity (Wildman–Crippen MR) is 110 cm³/mol. The third kappa shape index (κ3) is 5.68. The monoisotopic (exact) mass is 472 g/mol. The molecule has 1 aliphatic rings. The lowest BCUT2D eigenvalue weighted by molar-refractivity contribution is 0.325. The van der Waals surface area contributed by atoms with Gasteiger partial charge in [0, 0.05) is 38.6 Å².